The molecule has 0 saturated carbocycles. The molecule has 0 saturated heterocycles. The van der Waals surface area contributed by atoms with E-state index >= 15 is 0 Å². The molecule has 1 aliphatic rings. The predicted molar refractivity (Wildman–Crippen MR) is 130 cm³/mol. The van der Waals surface area contributed by atoms with Gasteiger partial charge < -0.3 is 0 Å². The molecule has 0 bridgehead atoms. The maximum Gasteiger partial charge on any atom is 0.160 e. The lowest BCUT2D eigenvalue weighted by Gasteiger charge is -2.16. The Morgan fingerprint density at radius 1 is 0.548 bits per heavy atom. The highest BCUT2D eigenvalue weighted by atomic mass is 35.5. The van der Waals surface area contributed by atoms with Gasteiger partial charge in [0.2, 0.25) is 0 Å². The highest BCUT2D eigenvalue weighted by Crippen LogP contribution is 2.33. The van der Waals surface area contributed by atoms with E-state index in [1.807, 2.05) is 54.6 Å². The third kappa shape index (κ3) is 4.35. The lowest BCUT2D eigenvalue weighted by Crippen LogP contribution is -2.00. The molecule has 4 aromatic rings. The van der Waals surface area contributed by atoms with Crippen molar-refractivity contribution in [2.75, 3.05) is 0 Å². The quantitative estimate of drug-likeness (QED) is 0.337. The van der Waals surface area contributed by atoms with Crippen LogP contribution in [0.1, 0.15) is 24.1 Å². The molecule has 3 heteroatoms. The molecular weight excluding hydrogens is 400 g/mol. The van der Waals surface area contributed by atoms with Gasteiger partial charge in [-0.1, -0.05) is 96.5 Å². The summed E-state index contributed by atoms with van der Waals surface area (Å²) in [5.41, 5.74) is 7.71. The summed E-state index contributed by atoms with van der Waals surface area (Å²) in [5.74, 6) is 0.729. The van der Waals surface area contributed by atoms with E-state index in [-0.39, 0.29) is 0 Å². The molecule has 0 N–H and O–H groups in total. The number of aromatic nitrogens is 2. The van der Waals surface area contributed by atoms with Crippen molar-refractivity contribution in [3.05, 3.63) is 119 Å². The van der Waals surface area contributed by atoms with E-state index in [0.717, 1.165) is 41.2 Å². The fourth-order valence-electron chi connectivity index (χ4n) is 3.87. The summed E-state index contributed by atoms with van der Waals surface area (Å²) in [6.07, 6.45) is 6.36. The number of nitrogens with zero attached hydrogens (tertiary/aromatic N) is 2. The topological polar surface area (TPSA) is 25.8 Å². The molecule has 2 nitrogen and oxygen atoms in total. The van der Waals surface area contributed by atoms with Gasteiger partial charge in [0.05, 0.1) is 11.4 Å². The summed E-state index contributed by atoms with van der Waals surface area (Å²) in [4.78, 5) is 9.79. The molecule has 0 unspecified atom stereocenters. The van der Waals surface area contributed by atoms with Crippen molar-refractivity contribution in [1.29, 1.82) is 0 Å². The van der Waals surface area contributed by atoms with Crippen molar-refractivity contribution in [2.24, 2.45) is 0 Å². The molecule has 0 fully saturated rings. The summed E-state index contributed by atoms with van der Waals surface area (Å²) < 4.78 is 0. The predicted octanol–water partition coefficient (Wildman–Crippen LogP) is 7.72. The zero-order valence-electron chi connectivity index (χ0n) is 17.0. The second-order valence-corrected chi connectivity index (χ2v) is 8.02. The maximum absolute atomic E-state index is 6.25. The van der Waals surface area contributed by atoms with Gasteiger partial charge in [0.25, 0.3) is 0 Å². The van der Waals surface area contributed by atoms with Crippen LogP contribution in [0.3, 0.4) is 0 Å². The molecule has 150 valence electrons. The van der Waals surface area contributed by atoms with Gasteiger partial charge in [0, 0.05) is 16.1 Å². The fraction of sp³-hybridized carbons (Fsp3) is 0.0714. The number of hydrogen-bond acceptors (Lipinski definition) is 2. The Bertz CT molecular complexity index is 1270. The Balaban J connectivity index is 1.59. The minimum Gasteiger partial charge on any atom is -0.228 e. The molecule has 0 atom stereocenters. The van der Waals surface area contributed by atoms with E-state index in [1.54, 1.807) is 0 Å². The number of benzene rings is 3. The normalized spacial score (nSPS) is 13.5. The first-order valence-electron chi connectivity index (χ1n) is 10.4. The Morgan fingerprint density at radius 3 is 1.84 bits per heavy atom. The summed E-state index contributed by atoms with van der Waals surface area (Å²) in [6.45, 7) is 0. The van der Waals surface area contributed by atoms with Gasteiger partial charge in [0.15, 0.2) is 5.82 Å². The van der Waals surface area contributed by atoms with Crippen molar-refractivity contribution < 1.29 is 0 Å². The molecule has 5 rings (SSSR count). The minimum absolute atomic E-state index is 0.700. The van der Waals surface area contributed by atoms with E-state index in [9.17, 15) is 0 Å². The minimum atomic E-state index is 0.700. The molecule has 0 spiro atoms. The van der Waals surface area contributed by atoms with E-state index in [4.69, 9.17) is 21.6 Å². The second-order valence-electron chi connectivity index (χ2n) is 7.59. The lowest BCUT2D eigenvalue weighted by atomic mass is 9.91. The lowest BCUT2D eigenvalue weighted by molar-refractivity contribution is 1.04. The van der Waals surface area contributed by atoms with E-state index in [2.05, 4.69) is 48.6 Å². The van der Waals surface area contributed by atoms with Crippen LogP contribution in [-0.2, 0) is 0 Å². The zero-order valence-corrected chi connectivity index (χ0v) is 17.8. The summed E-state index contributed by atoms with van der Waals surface area (Å²) in [5, 5.41) is 0.700. The first kappa shape index (κ1) is 19.5. The SMILES string of the molecule is Clc1cccc(-c2cc(C3=CC=C(c4ccccc4)CC3)nc(-c3ccccc3)n2)c1. The summed E-state index contributed by atoms with van der Waals surface area (Å²) in [6, 6.07) is 30.6. The highest BCUT2D eigenvalue weighted by molar-refractivity contribution is 6.30. The van der Waals surface area contributed by atoms with Crippen LogP contribution in [0.5, 0.6) is 0 Å². The molecule has 0 amide bonds. The van der Waals surface area contributed by atoms with Gasteiger partial charge in [-0.15, -0.1) is 0 Å². The van der Waals surface area contributed by atoms with Crippen molar-refractivity contribution in [1.82, 2.24) is 9.97 Å². The Morgan fingerprint density at radius 2 is 1.16 bits per heavy atom. The van der Waals surface area contributed by atoms with Gasteiger partial charge in [-0.2, -0.15) is 0 Å². The van der Waals surface area contributed by atoms with Gasteiger partial charge in [-0.3, -0.25) is 0 Å². The number of allylic oxidation sites excluding steroid dienone is 4. The van der Waals surface area contributed by atoms with Crippen molar-refractivity contribution in [2.45, 2.75) is 12.8 Å². The van der Waals surface area contributed by atoms with Crippen molar-refractivity contribution >= 4 is 22.7 Å². The van der Waals surface area contributed by atoms with E-state index < -0.39 is 0 Å². The number of hydrogen-bond donors (Lipinski definition) is 0. The van der Waals surface area contributed by atoms with E-state index in [0.29, 0.717) is 5.02 Å². The second kappa shape index (κ2) is 8.71. The monoisotopic (exact) mass is 420 g/mol. The number of halogens is 1. The van der Waals surface area contributed by atoms with E-state index in [1.165, 1.54) is 16.7 Å². The average molecular weight is 421 g/mol. The highest BCUT2D eigenvalue weighted by Gasteiger charge is 2.15. The summed E-state index contributed by atoms with van der Waals surface area (Å²) >= 11 is 6.25. The molecule has 1 heterocycles. The Labute approximate surface area is 187 Å². The zero-order chi connectivity index (χ0) is 21.0. The van der Waals surface area contributed by atoms with Crippen molar-refractivity contribution in [3.8, 4) is 22.6 Å². The van der Waals surface area contributed by atoms with Crippen LogP contribution in [0.4, 0.5) is 0 Å². The third-order valence-electron chi connectivity index (χ3n) is 5.50. The first-order chi connectivity index (χ1) is 15.3. The van der Waals surface area contributed by atoms with Crippen LogP contribution >= 0.6 is 11.6 Å². The molecule has 0 radical (unpaired) electrons. The molecule has 1 aromatic heterocycles. The van der Waals surface area contributed by atoms with Crippen LogP contribution in [0, 0.1) is 0 Å². The van der Waals surface area contributed by atoms with Gasteiger partial charge in [0.1, 0.15) is 0 Å². The van der Waals surface area contributed by atoms with Crippen molar-refractivity contribution in [3.63, 3.8) is 0 Å². The van der Waals surface area contributed by atoms with Crippen LogP contribution in [0.15, 0.2) is 103 Å². The fourth-order valence-corrected chi connectivity index (χ4v) is 4.06. The van der Waals surface area contributed by atoms with Gasteiger partial charge in [-0.05, 0) is 47.8 Å². The van der Waals surface area contributed by atoms with Gasteiger partial charge >= 0.3 is 0 Å². The van der Waals surface area contributed by atoms with Crippen LogP contribution in [0.25, 0.3) is 33.8 Å². The molecule has 1 aliphatic carbocycles. The Kier molecular flexibility index (Phi) is 5.47. The van der Waals surface area contributed by atoms with Gasteiger partial charge in [-0.25, -0.2) is 9.97 Å². The first-order valence-corrected chi connectivity index (χ1v) is 10.8. The molecule has 0 aliphatic heterocycles. The molecule has 31 heavy (non-hydrogen) atoms. The number of rotatable bonds is 4. The smallest absolute Gasteiger partial charge is 0.160 e. The largest absolute Gasteiger partial charge is 0.228 e. The van der Waals surface area contributed by atoms with Crippen LogP contribution < -0.4 is 0 Å². The Hall–Kier alpha value is -3.49. The summed E-state index contributed by atoms with van der Waals surface area (Å²) in [7, 11) is 0. The standard InChI is InChI=1S/C28H21ClN2/c29-25-13-7-12-24(18-25)27-19-26(30-28(31-27)23-10-5-2-6-11-23)22-16-14-21(15-17-22)20-8-3-1-4-9-20/h1-14,16,18-19H,15,17H2. The molecule has 3 aromatic carbocycles. The van der Waals surface area contributed by atoms with Crippen LogP contribution in [-0.4, -0.2) is 9.97 Å². The average Bonchev–Trinajstić information content (AvgIpc) is 2.85. The molecular formula is C28H21ClN2. The van der Waals surface area contributed by atoms with Crippen LogP contribution in [0.2, 0.25) is 5.02 Å². The maximum atomic E-state index is 6.25. The third-order valence-corrected chi connectivity index (χ3v) is 5.74.